The topological polar surface area (TPSA) is 46.5 Å². The van der Waals surface area contributed by atoms with Crippen LogP contribution in [0.1, 0.15) is 32.6 Å². The molecule has 7 atom stereocenters. The molecule has 0 spiro atoms. The number of carbonyl (C=O) groups is 1. The maximum Gasteiger partial charge on any atom is 0.312 e. The minimum Gasteiger partial charge on any atom is -0.465 e. The molecule has 4 bridgehead atoms. The maximum absolute atomic E-state index is 12.5. The number of esters is 1. The number of hydrogen-bond donors (Lipinski definition) is 1. The Morgan fingerprint density at radius 3 is 2.80 bits per heavy atom. The van der Waals surface area contributed by atoms with Gasteiger partial charge in [-0.3, -0.25) is 4.79 Å². The molecule has 4 aliphatic rings. The van der Waals surface area contributed by atoms with Gasteiger partial charge in [0.1, 0.15) is 0 Å². The van der Waals surface area contributed by atoms with Crippen LogP contribution in [0.2, 0.25) is 0 Å². The van der Waals surface area contributed by atoms with Gasteiger partial charge in [-0.1, -0.05) is 12.2 Å². The first-order valence-corrected chi connectivity index (χ1v) is 8.11. The van der Waals surface area contributed by atoms with Gasteiger partial charge in [0.25, 0.3) is 0 Å². The van der Waals surface area contributed by atoms with Crippen LogP contribution < -0.4 is 0 Å². The number of ether oxygens (including phenoxy) is 1. The molecule has 0 aliphatic heterocycles. The molecule has 1 N–H and O–H groups in total. The van der Waals surface area contributed by atoms with Crippen LogP contribution in [0.4, 0.5) is 0 Å². The Kier molecular flexibility index (Phi) is 2.79. The van der Waals surface area contributed by atoms with Crippen LogP contribution in [0.3, 0.4) is 0 Å². The largest absolute Gasteiger partial charge is 0.465 e. The second kappa shape index (κ2) is 4.33. The Hall–Kier alpha value is -0.830. The molecule has 3 nitrogen and oxygen atoms in total. The van der Waals surface area contributed by atoms with E-state index in [1.165, 1.54) is 12.8 Å². The van der Waals surface area contributed by atoms with Crippen LogP contribution in [-0.4, -0.2) is 24.3 Å². The molecule has 7 unspecified atom stereocenters. The van der Waals surface area contributed by atoms with Crippen molar-refractivity contribution in [3.63, 3.8) is 0 Å². The number of aliphatic hydroxyl groups excluding tert-OH is 1. The molecular weight excluding hydrogens is 252 g/mol. The van der Waals surface area contributed by atoms with Crippen LogP contribution in [0.25, 0.3) is 0 Å². The molecule has 0 aromatic rings. The highest BCUT2D eigenvalue weighted by atomic mass is 16.5. The second-order valence-corrected chi connectivity index (χ2v) is 7.54. The van der Waals surface area contributed by atoms with Crippen LogP contribution >= 0.6 is 0 Å². The van der Waals surface area contributed by atoms with Crippen molar-refractivity contribution in [1.82, 2.24) is 0 Å². The summed E-state index contributed by atoms with van der Waals surface area (Å²) < 4.78 is 5.43. The normalized spacial score (nSPS) is 50.7. The van der Waals surface area contributed by atoms with Crippen LogP contribution in [0, 0.1) is 40.9 Å². The first-order chi connectivity index (χ1) is 9.65. The van der Waals surface area contributed by atoms with E-state index in [2.05, 4.69) is 19.1 Å². The number of allylic oxidation sites excluding steroid dienone is 2. The summed E-state index contributed by atoms with van der Waals surface area (Å²) in [5.41, 5.74) is -0.264. The van der Waals surface area contributed by atoms with Gasteiger partial charge in [-0.25, -0.2) is 0 Å². The molecule has 3 saturated carbocycles. The van der Waals surface area contributed by atoms with Gasteiger partial charge in [0.15, 0.2) is 0 Å². The number of rotatable bonds is 4. The van der Waals surface area contributed by atoms with Crippen molar-refractivity contribution >= 4 is 5.97 Å². The fourth-order valence-corrected chi connectivity index (χ4v) is 6.00. The van der Waals surface area contributed by atoms with E-state index in [1.807, 2.05) is 0 Å². The van der Waals surface area contributed by atoms with Crippen LogP contribution in [0.15, 0.2) is 12.2 Å². The number of hydrogen-bond acceptors (Lipinski definition) is 3. The van der Waals surface area contributed by atoms with E-state index < -0.39 is 0 Å². The van der Waals surface area contributed by atoms with E-state index in [-0.39, 0.29) is 18.0 Å². The minimum atomic E-state index is -0.264. The first kappa shape index (κ1) is 12.9. The van der Waals surface area contributed by atoms with Crippen molar-refractivity contribution in [2.75, 3.05) is 13.2 Å². The monoisotopic (exact) mass is 276 g/mol. The van der Waals surface area contributed by atoms with Crippen molar-refractivity contribution in [1.29, 1.82) is 0 Å². The third-order valence-corrected chi connectivity index (χ3v) is 6.66. The summed E-state index contributed by atoms with van der Waals surface area (Å²) in [4.78, 5) is 12.5. The standard InChI is InChI=1S/C17H24O3/c1-17(16(19)20-6-2-5-18)9-12-8-13(17)15-11-4-3-10(7-11)14(12)15/h3-4,10-15,18H,2,5-9H2,1H3. The highest BCUT2D eigenvalue weighted by molar-refractivity contribution is 5.77. The predicted molar refractivity (Wildman–Crippen MR) is 74.7 cm³/mol. The molecule has 0 aromatic carbocycles. The third-order valence-electron chi connectivity index (χ3n) is 6.66. The molecule has 0 amide bonds. The van der Waals surface area contributed by atoms with Gasteiger partial charge in [0.2, 0.25) is 0 Å². The van der Waals surface area contributed by atoms with Crippen molar-refractivity contribution in [3.05, 3.63) is 12.2 Å². The maximum atomic E-state index is 12.5. The summed E-state index contributed by atoms with van der Waals surface area (Å²) in [5.74, 6) is 4.37. The Balaban J connectivity index is 1.52. The van der Waals surface area contributed by atoms with Gasteiger partial charge < -0.3 is 9.84 Å². The highest BCUT2D eigenvalue weighted by Crippen LogP contribution is 2.70. The van der Waals surface area contributed by atoms with Crippen molar-refractivity contribution in [2.45, 2.75) is 32.6 Å². The summed E-state index contributed by atoms with van der Waals surface area (Å²) in [6.45, 7) is 2.59. The molecule has 0 radical (unpaired) electrons. The lowest BCUT2D eigenvalue weighted by Crippen LogP contribution is -2.43. The first-order valence-electron chi connectivity index (χ1n) is 8.11. The van der Waals surface area contributed by atoms with Crippen molar-refractivity contribution in [3.8, 4) is 0 Å². The van der Waals surface area contributed by atoms with E-state index >= 15 is 0 Å². The van der Waals surface area contributed by atoms with E-state index in [1.54, 1.807) is 0 Å². The predicted octanol–water partition coefficient (Wildman–Crippen LogP) is 2.40. The summed E-state index contributed by atoms with van der Waals surface area (Å²) >= 11 is 0. The molecule has 20 heavy (non-hydrogen) atoms. The molecule has 0 aromatic heterocycles. The fraction of sp³-hybridized carbons (Fsp3) is 0.824. The van der Waals surface area contributed by atoms with E-state index in [9.17, 15) is 4.79 Å². The fourth-order valence-electron chi connectivity index (χ4n) is 6.00. The summed E-state index contributed by atoms with van der Waals surface area (Å²) in [7, 11) is 0. The molecule has 4 aliphatic carbocycles. The summed E-state index contributed by atoms with van der Waals surface area (Å²) in [5, 5.41) is 8.81. The lowest BCUT2D eigenvalue weighted by Gasteiger charge is -2.41. The Bertz CT molecular complexity index is 457. The Morgan fingerprint density at radius 2 is 2.05 bits per heavy atom. The molecular formula is C17H24O3. The number of aliphatic hydroxyl groups is 1. The van der Waals surface area contributed by atoms with Gasteiger partial charge in [-0.2, -0.15) is 0 Å². The zero-order chi connectivity index (χ0) is 13.9. The smallest absolute Gasteiger partial charge is 0.312 e. The molecule has 4 rings (SSSR count). The number of fused-ring (bicyclic) bond motifs is 9. The zero-order valence-corrected chi connectivity index (χ0v) is 12.1. The number of carbonyl (C=O) groups excluding carboxylic acids is 1. The zero-order valence-electron chi connectivity index (χ0n) is 12.1. The van der Waals surface area contributed by atoms with Gasteiger partial charge in [0.05, 0.1) is 12.0 Å². The SMILES string of the molecule is CC1(C(=O)OCCCO)CC2CC1C1C3C=CC(C3)C21. The van der Waals surface area contributed by atoms with Gasteiger partial charge >= 0.3 is 5.97 Å². The Labute approximate surface area is 120 Å². The minimum absolute atomic E-state index is 0.0105. The van der Waals surface area contributed by atoms with E-state index in [0.717, 1.165) is 36.0 Å². The summed E-state index contributed by atoms with van der Waals surface area (Å²) in [6.07, 6.45) is 8.98. The molecule has 3 fully saturated rings. The lowest BCUT2D eigenvalue weighted by atomic mass is 9.63. The Morgan fingerprint density at radius 1 is 1.30 bits per heavy atom. The quantitative estimate of drug-likeness (QED) is 0.371. The van der Waals surface area contributed by atoms with E-state index in [0.29, 0.717) is 18.9 Å². The molecule has 3 heteroatoms. The van der Waals surface area contributed by atoms with Gasteiger partial charge in [-0.05, 0) is 61.7 Å². The molecule has 0 saturated heterocycles. The van der Waals surface area contributed by atoms with Crippen LogP contribution in [-0.2, 0) is 9.53 Å². The lowest BCUT2D eigenvalue weighted by molar-refractivity contribution is -0.161. The van der Waals surface area contributed by atoms with Crippen molar-refractivity contribution in [2.24, 2.45) is 40.9 Å². The molecule has 110 valence electrons. The van der Waals surface area contributed by atoms with Gasteiger partial charge in [0, 0.05) is 13.0 Å². The van der Waals surface area contributed by atoms with Crippen molar-refractivity contribution < 1.29 is 14.6 Å². The average molecular weight is 276 g/mol. The average Bonchev–Trinajstić information content (AvgIpc) is 3.16. The highest BCUT2D eigenvalue weighted by Gasteiger charge is 2.66. The van der Waals surface area contributed by atoms with Crippen LogP contribution in [0.5, 0.6) is 0 Å². The molecule has 0 heterocycles. The third kappa shape index (κ3) is 1.53. The second-order valence-electron chi connectivity index (χ2n) is 7.54. The summed E-state index contributed by atoms with van der Waals surface area (Å²) in [6, 6.07) is 0. The van der Waals surface area contributed by atoms with Gasteiger partial charge in [-0.15, -0.1) is 0 Å². The van der Waals surface area contributed by atoms with E-state index in [4.69, 9.17) is 9.84 Å².